The van der Waals surface area contributed by atoms with E-state index in [-0.39, 0.29) is 48.3 Å². The van der Waals surface area contributed by atoms with E-state index in [2.05, 4.69) is 50.9 Å². The number of amides is 4. The molecule has 59 heavy (non-hydrogen) atoms. The molecule has 2 saturated heterocycles. The monoisotopic (exact) mass is 805 g/mol. The maximum absolute atomic E-state index is 13.7. The Bertz CT molecular complexity index is 2430. The highest BCUT2D eigenvalue weighted by Crippen LogP contribution is 2.35. The number of alkyl carbamates (subject to hydrolysis) is 2. The number of rotatable bonds is 12. The van der Waals surface area contributed by atoms with Gasteiger partial charge in [-0.3, -0.25) is 14.4 Å². The molecular weight excluding hydrogens is 755 g/mol. The first kappa shape index (κ1) is 41.0. The van der Waals surface area contributed by atoms with Gasteiger partial charge in [-0.05, 0) is 77.8 Å². The Morgan fingerprint density at radius 3 is 2.10 bits per heavy atom. The van der Waals surface area contributed by atoms with E-state index in [4.69, 9.17) is 19.2 Å². The fraction of sp³-hybridized carbons (Fsp3) is 0.409. The lowest BCUT2D eigenvalue weighted by atomic mass is 9.98. The number of aromatic nitrogens is 3. The van der Waals surface area contributed by atoms with Crippen molar-refractivity contribution in [2.75, 3.05) is 41.0 Å². The Balaban J connectivity index is 1.10. The van der Waals surface area contributed by atoms with E-state index in [0.29, 0.717) is 41.9 Å². The summed E-state index contributed by atoms with van der Waals surface area (Å²) in [5.74, 6) is 0.170. The second-order valence-electron chi connectivity index (χ2n) is 15.5. The third-order valence-electron chi connectivity index (χ3n) is 11.5. The van der Waals surface area contributed by atoms with Crippen molar-refractivity contribution in [2.45, 2.75) is 70.1 Å². The number of H-pyrrole nitrogens is 2. The number of hydrogen-bond acceptors (Lipinski definition) is 9. The van der Waals surface area contributed by atoms with Gasteiger partial charge in [0.1, 0.15) is 17.9 Å². The van der Waals surface area contributed by atoms with Crippen molar-refractivity contribution in [3.05, 3.63) is 88.6 Å². The van der Waals surface area contributed by atoms with E-state index in [1.54, 1.807) is 22.1 Å². The summed E-state index contributed by atoms with van der Waals surface area (Å²) in [6, 6.07) is 17.6. The van der Waals surface area contributed by atoms with Crippen molar-refractivity contribution in [1.82, 2.24) is 35.4 Å². The standard InChI is InChI=1S/C44H51N7O8/c1-25(2)39(49-44(56)59-5)42(54)51-18-7-9-37(51)40-45-24-35(47-40)30-13-12-26-20-27(10-11-28(26)21-30)29-14-15-31-33(22-29)46-34(23-38(31)52)36-8-6-17-50(36)41(53)32(16-19-57-3)48-43(55)58-4/h10-15,20-25,32,36-37,39H,6-9,16-19H2,1-5H3,(H,45,47)(H,46,52)(H,48,55)(H,49,56). The van der Waals surface area contributed by atoms with Gasteiger partial charge in [-0.15, -0.1) is 0 Å². The Labute approximate surface area is 341 Å². The van der Waals surface area contributed by atoms with Crippen LogP contribution in [0.25, 0.3) is 44.1 Å². The van der Waals surface area contributed by atoms with Crippen LogP contribution in [-0.2, 0) is 23.8 Å². The largest absolute Gasteiger partial charge is 0.453 e. The normalized spacial score (nSPS) is 17.7. The van der Waals surface area contributed by atoms with E-state index < -0.39 is 24.3 Å². The van der Waals surface area contributed by atoms with Gasteiger partial charge in [0, 0.05) is 55.9 Å². The summed E-state index contributed by atoms with van der Waals surface area (Å²) in [5.41, 5.74) is 4.85. The van der Waals surface area contributed by atoms with Gasteiger partial charge in [-0.1, -0.05) is 44.2 Å². The quantitative estimate of drug-likeness (QED) is 0.114. The molecule has 0 saturated carbocycles. The molecule has 4 N–H and O–H groups in total. The molecule has 0 spiro atoms. The van der Waals surface area contributed by atoms with Gasteiger partial charge in [0.05, 0.1) is 43.7 Å². The van der Waals surface area contributed by atoms with E-state index in [0.717, 1.165) is 52.4 Å². The third-order valence-corrected chi connectivity index (χ3v) is 11.5. The number of ether oxygens (including phenoxy) is 3. The minimum absolute atomic E-state index is 0.122. The number of nitrogens with one attached hydrogen (secondary N) is 4. The van der Waals surface area contributed by atoms with Crippen molar-refractivity contribution in [2.24, 2.45) is 5.92 Å². The topological polar surface area (TPSA) is 188 Å². The van der Waals surface area contributed by atoms with Gasteiger partial charge in [-0.2, -0.15) is 0 Å². The minimum Gasteiger partial charge on any atom is -0.453 e. The Hall–Kier alpha value is -6.22. The fourth-order valence-corrected chi connectivity index (χ4v) is 8.32. The summed E-state index contributed by atoms with van der Waals surface area (Å²) in [7, 11) is 4.07. The van der Waals surface area contributed by atoms with Crippen molar-refractivity contribution < 1.29 is 33.4 Å². The van der Waals surface area contributed by atoms with E-state index >= 15 is 0 Å². The lowest BCUT2D eigenvalue weighted by molar-refractivity contribution is -0.136. The highest BCUT2D eigenvalue weighted by atomic mass is 16.5. The number of methoxy groups -OCH3 is 3. The number of hydrogen-bond donors (Lipinski definition) is 4. The molecule has 310 valence electrons. The molecule has 5 aromatic rings. The lowest BCUT2D eigenvalue weighted by Gasteiger charge is -2.30. The molecule has 4 heterocycles. The van der Waals surface area contributed by atoms with Crippen LogP contribution in [-0.4, -0.2) is 102 Å². The van der Waals surface area contributed by atoms with Gasteiger partial charge < -0.3 is 44.6 Å². The number of imidazole rings is 1. The van der Waals surface area contributed by atoms with E-state index in [1.807, 2.05) is 38.1 Å². The van der Waals surface area contributed by atoms with Gasteiger partial charge >= 0.3 is 12.2 Å². The molecule has 2 aliphatic heterocycles. The van der Waals surface area contributed by atoms with Crippen LogP contribution in [0.5, 0.6) is 0 Å². The van der Waals surface area contributed by atoms with Crippen LogP contribution in [0, 0.1) is 5.92 Å². The van der Waals surface area contributed by atoms with Crippen LogP contribution in [0.4, 0.5) is 9.59 Å². The van der Waals surface area contributed by atoms with Crippen LogP contribution in [0.3, 0.4) is 0 Å². The molecule has 0 aliphatic carbocycles. The molecule has 2 fully saturated rings. The van der Waals surface area contributed by atoms with Crippen LogP contribution >= 0.6 is 0 Å². The molecule has 2 aromatic heterocycles. The molecule has 15 nitrogen and oxygen atoms in total. The van der Waals surface area contributed by atoms with Crippen LogP contribution in [0.2, 0.25) is 0 Å². The van der Waals surface area contributed by atoms with Crippen molar-refractivity contribution in [3.63, 3.8) is 0 Å². The lowest BCUT2D eigenvalue weighted by Crippen LogP contribution is -2.51. The molecule has 0 radical (unpaired) electrons. The summed E-state index contributed by atoms with van der Waals surface area (Å²) >= 11 is 0. The molecule has 2 aliphatic rings. The van der Waals surface area contributed by atoms with Gasteiger partial charge in [-0.25, -0.2) is 14.6 Å². The number of aromatic amines is 2. The Kier molecular flexibility index (Phi) is 12.3. The number of fused-ring (bicyclic) bond motifs is 2. The maximum Gasteiger partial charge on any atom is 0.407 e. The first-order valence-electron chi connectivity index (χ1n) is 20.0. The summed E-state index contributed by atoms with van der Waals surface area (Å²) in [6.45, 7) is 5.13. The molecule has 4 unspecified atom stereocenters. The molecule has 15 heteroatoms. The number of benzene rings is 3. The predicted molar refractivity (Wildman–Crippen MR) is 222 cm³/mol. The first-order valence-corrected chi connectivity index (χ1v) is 20.0. The predicted octanol–water partition coefficient (Wildman–Crippen LogP) is 6.21. The first-order chi connectivity index (χ1) is 28.5. The van der Waals surface area contributed by atoms with E-state index in [9.17, 15) is 24.0 Å². The summed E-state index contributed by atoms with van der Waals surface area (Å²) < 4.78 is 14.7. The summed E-state index contributed by atoms with van der Waals surface area (Å²) in [5, 5.41) is 7.93. The third kappa shape index (κ3) is 8.65. The Morgan fingerprint density at radius 2 is 1.41 bits per heavy atom. The van der Waals surface area contributed by atoms with Gasteiger partial charge in [0.25, 0.3) is 0 Å². The summed E-state index contributed by atoms with van der Waals surface area (Å²) in [4.78, 5) is 79.9. The minimum atomic E-state index is -0.829. The second kappa shape index (κ2) is 17.7. The smallest absolute Gasteiger partial charge is 0.407 e. The fourth-order valence-electron chi connectivity index (χ4n) is 8.32. The zero-order valence-corrected chi connectivity index (χ0v) is 34.0. The number of nitrogens with zero attached hydrogens (tertiary/aromatic N) is 3. The number of pyridine rings is 1. The SMILES string of the molecule is COCCC(NC(=O)OC)C(=O)N1CCCC1c1cc(=O)c2ccc(-c3ccc4cc(-c5cnc(C6CCCN6C(=O)C(NC(=O)OC)C(C)C)[nH]5)ccc4c3)cc2[nH]1. The molecule has 4 amide bonds. The number of carbonyl (C=O) groups excluding carboxylic acids is 4. The average Bonchev–Trinajstić information content (AvgIpc) is 4.05. The molecule has 7 rings (SSSR count). The molecule has 0 bridgehead atoms. The average molecular weight is 806 g/mol. The highest BCUT2D eigenvalue weighted by Gasteiger charge is 2.38. The molecule has 3 aromatic carbocycles. The van der Waals surface area contributed by atoms with Crippen molar-refractivity contribution >= 4 is 45.7 Å². The van der Waals surface area contributed by atoms with Gasteiger partial charge in [0.15, 0.2) is 5.43 Å². The number of carbonyl (C=O) groups is 4. The molecule has 4 atom stereocenters. The van der Waals surface area contributed by atoms with Crippen molar-refractivity contribution in [1.29, 1.82) is 0 Å². The highest BCUT2D eigenvalue weighted by molar-refractivity contribution is 5.92. The number of likely N-dealkylation sites (tertiary alicyclic amines) is 2. The molecular formula is C44H51N7O8. The summed E-state index contributed by atoms with van der Waals surface area (Å²) in [6.07, 6.45) is 3.76. The van der Waals surface area contributed by atoms with Crippen LogP contribution < -0.4 is 16.1 Å². The van der Waals surface area contributed by atoms with Gasteiger partial charge in [0.2, 0.25) is 11.8 Å². The zero-order chi connectivity index (χ0) is 41.8. The second-order valence-corrected chi connectivity index (χ2v) is 15.5. The van der Waals surface area contributed by atoms with Crippen LogP contribution in [0.1, 0.15) is 69.6 Å². The maximum atomic E-state index is 13.7. The zero-order valence-electron chi connectivity index (χ0n) is 34.0. The Morgan fingerprint density at radius 1 is 0.780 bits per heavy atom. The van der Waals surface area contributed by atoms with Crippen molar-refractivity contribution in [3.8, 4) is 22.4 Å². The van der Waals surface area contributed by atoms with Crippen LogP contribution in [0.15, 0.2) is 71.7 Å². The van der Waals surface area contributed by atoms with E-state index in [1.165, 1.54) is 21.3 Å².